The zero-order valence-corrected chi connectivity index (χ0v) is 12.2. The summed E-state index contributed by atoms with van der Waals surface area (Å²) >= 11 is 17.8. The topological polar surface area (TPSA) is 50.9 Å². The number of benzene rings is 1. The molecule has 0 aliphatic carbocycles. The van der Waals surface area contributed by atoms with Crippen molar-refractivity contribution in [3.8, 4) is 0 Å². The second kappa shape index (κ2) is 6.55. The van der Waals surface area contributed by atoms with Crippen molar-refractivity contribution in [3.63, 3.8) is 0 Å². The molecule has 0 amide bonds. The standard InChI is InChI=1S/C13H12Cl3N3/c14-10-3-1-8(11(15)6-10)5-12(19-17)9-2-4-13(16)18-7-9/h1-4,6-7,12,19H,5,17H2. The van der Waals surface area contributed by atoms with Crippen molar-refractivity contribution in [1.29, 1.82) is 0 Å². The number of nitrogens with one attached hydrogen (secondary N) is 1. The van der Waals surface area contributed by atoms with Gasteiger partial charge in [-0.05, 0) is 35.7 Å². The Bertz CT molecular complexity index is 558. The number of hydrazine groups is 1. The first kappa shape index (κ1) is 14.6. The van der Waals surface area contributed by atoms with Crippen LogP contribution in [0.25, 0.3) is 0 Å². The molecule has 19 heavy (non-hydrogen) atoms. The molecule has 0 fully saturated rings. The van der Waals surface area contributed by atoms with E-state index in [1.165, 1.54) is 0 Å². The Morgan fingerprint density at radius 1 is 1.16 bits per heavy atom. The SMILES string of the molecule is NNC(Cc1ccc(Cl)cc1Cl)c1ccc(Cl)nc1. The van der Waals surface area contributed by atoms with Crippen LogP contribution in [-0.2, 0) is 6.42 Å². The maximum atomic E-state index is 6.15. The van der Waals surface area contributed by atoms with E-state index in [2.05, 4.69) is 10.4 Å². The molecule has 6 heteroatoms. The van der Waals surface area contributed by atoms with Gasteiger partial charge in [-0.3, -0.25) is 11.3 Å². The molecule has 1 aromatic heterocycles. The number of hydrogen-bond acceptors (Lipinski definition) is 3. The largest absolute Gasteiger partial charge is 0.271 e. The molecule has 1 atom stereocenters. The third-order valence-electron chi connectivity index (χ3n) is 2.79. The Morgan fingerprint density at radius 2 is 1.95 bits per heavy atom. The summed E-state index contributed by atoms with van der Waals surface area (Å²) < 4.78 is 0. The molecule has 1 unspecified atom stereocenters. The first-order valence-electron chi connectivity index (χ1n) is 5.61. The van der Waals surface area contributed by atoms with Crippen LogP contribution in [0.3, 0.4) is 0 Å². The molecule has 0 spiro atoms. The highest BCUT2D eigenvalue weighted by molar-refractivity contribution is 6.35. The number of nitrogens with zero attached hydrogens (tertiary/aromatic N) is 1. The van der Waals surface area contributed by atoms with E-state index >= 15 is 0 Å². The lowest BCUT2D eigenvalue weighted by molar-refractivity contribution is 0.550. The highest BCUT2D eigenvalue weighted by Crippen LogP contribution is 2.26. The van der Waals surface area contributed by atoms with Gasteiger partial charge in [0.2, 0.25) is 0 Å². The monoisotopic (exact) mass is 315 g/mol. The van der Waals surface area contributed by atoms with Crippen molar-refractivity contribution in [3.05, 3.63) is 62.9 Å². The van der Waals surface area contributed by atoms with E-state index in [0.717, 1.165) is 11.1 Å². The fourth-order valence-electron chi connectivity index (χ4n) is 1.77. The van der Waals surface area contributed by atoms with E-state index in [1.807, 2.05) is 12.1 Å². The molecule has 0 bridgehead atoms. The van der Waals surface area contributed by atoms with Crippen molar-refractivity contribution in [2.45, 2.75) is 12.5 Å². The highest BCUT2D eigenvalue weighted by Gasteiger charge is 2.13. The summed E-state index contributed by atoms with van der Waals surface area (Å²) in [5, 5.41) is 1.68. The van der Waals surface area contributed by atoms with Crippen LogP contribution in [0, 0.1) is 0 Å². The van der Waals surface area contributed by atoms with Gasteiger partial charge in [0.05, 0.1) is 6.04 Å². The minimum atomic E-state index is -0.0940. The minimum Gasteiger partial charge on any atom is -0.271 e. The van der Waals surface area contributed by atoms with E-state index in [1.54, 1.807) is 24.4 Å². The first-order chi connectivity index (χ1) is 9.10. The summed E-state index contributed by atoms with van der Waals surface area (Å²) in [5.41, 5.74) is 4.66. The van der Waals surface area contributed by atoms with Crippen molar-refractivity contribution < 1.29 is 0 Å². The fourth-order valence-corrected chi connectivity index (χ4v) is 2.37. The molecule has 3 nitrogen and oxygen atoms in total. The second-order valence-corrected chi connectivity index (χ2v) is 5.30. The number of nitrogens with two attached hydrogens (primary N) is 1. The molecule has 3 N–H and O–H groups in total. The summed E-state index contributed by atoms with van der Waals surface area (Å²) in [7, 11) is 0. The lowest BCUT2D eigenvalue weighted by atomic mass is 10.0. The molecule has 1 aromatic carbocycles. The molecule has 0 saturated heterocycles. The Balaban J connectivity index is 2.21. The summed E-state index contributed by atoms with van der Waals surface area (Å²) in [6.07, 6.45) is 2.33. The second-order valence-electron chi connectivity index (χ2n) is 4.07. The Morgan fingerprint density at radius 3 is 2.53 bits per heavy atom. The number of halogens is 3. The lowest BCUT2D eigenvalue weighted by Gasteiger charge is -2.17. The lowest BCUT2D eigenvalue weighted by Crippen LogP contribution is -2.29. The predicted octanol–water partition coefficient (Wildman–Crippen LogP) is 3.79. The van der Waals surface area contributed by atoms with Gasteiger partial charge in [-0.2, -0.15) is 0 Å². The van der Waals surface area contributed by atoms with Crippen LogP contribution < -0.4 is 11.3 Å². The van der Waals surface area contributed by atoms with E-state index in [4.69, 9.17) is 40.6 Å². The Hall–Kier alpha value is -0.840. The van der Waals surface area contributed by atoms with Crippen LogP contribution in [0.5, 0.6) is 0 Å². The van der Waals surface area contributed by atoms with E-state index < -0.39 is 0 Å². The van der Waals surface area contributed by atoms with Crippen molar-refractivity contribution in [2.24, 2.45) is 5.84 Å². The van der Waals surface area contributed by atoms with E-state index in [-0.39, 0.29) is 6.04 Å². The van der Waals surface area contributed by atoms with Crippen LogP contribution in [0.15, 0.2) is 36.5 Å². The van der Waals surface area contributed by atoms with E-state index in [0.29, 0.717) is 21.6 Å². The molecule has 0 aliphatic rings. The van der Waals surface area contributed by atoms with Gasteiger partial charge in [-0.25, -0.2) is 4.98 Å². The summed E-state index contributed by atoms with van der Waals surface area (Å²) in [5.74, 6) is 5.59. The van der Waals surface area contributed by atoms with Crippen LogP contribution >= 0.6 is 34.8 Å². The maximum absolute atomic E-state index is 6.15. The smallest absolute Gasteiger partial charge is 0.129 e. The Kier molecular flexibility index (Phi) is 5.02. The van der Waals surface area contributed by atoms with Gasteiger partial charge in [0.15, 0.2) is 0 Å². The number of rotatable bonds is 4. The van der Waals surface area contributed by atoms with Crippen LogP contribution in [0.2, 0.25) is 15.2 Å². The summed E-state index contributed by atoms with van der Waals surface area (Å²) in [6, 6.07) is 8.92. The summed E-state index contributed by atoms with van der Waals surface area (Å²) in [6.45, 7) is 0. The van der Waals surface area contributed by atoms with Crippen molar-refractivity contribution in [2.75, 3.05) is 0 Å². The third-order valence-corrected chi connectivity index (χ3v) is 3.60. The van der Waals surface area contributed by atoms with Gasteiger partial charge < -0.3 is 0 Å². The zero-order valence-electron chi connectivity index (χ0n) is 9.91. The van der Waals surface area contributed by atoms with Gasteiger partial charge in [0.1, 0.15) is 5.15 Å². The van der Waals surface area contributed by atoms with Crippen LogP contribution in [-0.4, -0.2) is 4.98 Å². The van der Waals surface area contributed by atoms with Gasteiger partial charge in [-0.1, -0.05) is 46.9 Å². The number of aromatic nitrogens is 1. The quantitative estimate of drug-likeness (QED) is 0.512. The van der Waals surface area contributed by atoms with Gasteiger partial charge in [0, 0.05) is 16.2 Å². The van der Waals surface area contributed by atoms with E-state index in [9.17, 15) is 0 Å². The maximum Gasteiger partial charge on any atom is 0.129 e. The molecule has 100 valence electrons. The minimum absolute atomic E-state index is 0.0940. The molecule has 1 heterocycles. The van der Waals surface area contributed by atoms with Crippen LogP contribution in [0.1, 0.15) is 17.2 Å². The van der Waals surface area contributed by atoms with Gasteiger partial charge >= 0.3 is 0 Å². The molecule has 0 aliphatic heterocycles. The fraction of sp³-hybridized carbons (Fsp3) is 0.154. The average Bonchev–Trinajstić information content (AvgIpc) is 2.39. The third kappa shape index (κ3) is 3.81. The van der Waals surface area contributed by atoms with Crippen molar-refractivity contribution >= 4 is 34.8 Å². The van der Waals surface area contributed by atoms with Crippen molar-refractivity contribution in [1.82, 2.24) is 10.4 Å². The molecule has 2 rings (SSSR count). The van der Waals surface area contributed by atoms with Crippen LogP contribution in [0.4, 0.5) is 0 Å². The predicted molar refractivity (Wildman–Crippen MR) is 79.5 cm³/mol. The molecule has 2 aromatic rings. The highest BCUT2D eigenvalue weighted by atomic mass is 35.5. The zero-order chi connectivity index (χ0) is 13.8. The normalized spacial score (nSPS) is 12.4. The first-order valence-corrected chi connectivity index (χ1v) is 6.75. The molecule has 0 radical (unpaired) electrons. The summed E-state index contributed by atoms with van der Waals surface area (Å²) in [4.78, 5) is 4.04. The molecular formula is C13H12Cl3N3. The van der Waals surface area contributed by atoms with Gasteiger partial charge in [0.25, 0.3) is 0 Å². The van der Waals surface area contributed by atoms with Gasteiger partial charge in [-0.15, -0.1) is 0 Å². The Labute approximate surface area is 126 Å². The number of pyridine rings is 1. The molecule has 0 saturated carbocycles. The average molecular weight is 317 g/mol. The molecular weight excluding hydrogens is 305 g/mol. The number of hydrogen-bond donors (Lipinski definition) is 2.